The van der Waals surface area contributed by atoms with Crippen molar-refractivity contribution < 1.29 is 9.59 Å². The number of para-hydroxylation sites is 1. The summed E-state index contributed by atoms with van der Waals surface area (Å²) < 4.78 is 1.50. The van der Waals surface area contributed by atoms with Crippen molar-refractivity contribution in [2.24, 2.45) is 0 Å². The fourth-order valence-electron chi connectivity index (χ4n) is 3.43. The standard InChI is InChI=1S/C25H21ClN4O3S/c1-15-20(26)7-5-9-22(15)30-24(33)19-6-3-4-8-21(19)29-25(30)34-14-23(32)28-18-12-10-17(11-13-18)27-16(2)31/h3-13H,14H2,1-2H3,(H,27,31)(H,28,32). The van der Waals surface area contributed by atoms with Crippen molar-refractivity contribution in [3.63, 3.8) is 0 Å². The SMILES string of the molecule is CC(=O)Nc1ccc(NC(=O)CSc2nc3ccccc3c(=O)n2-c2cccc(Cl)c2C)cc1. The normalized spacial score (nSPS) is 10.8. The van der Waals surface area contributed by atoms with Gasteiger partial charge in [0.25, 0.3) is 5.56 Å². The molecule has 0 aliphatic rings. The third-order valence-corrected chi connectivity index (χ3v) is 6.39. The number of carbonyl (C=O) groups excluding carboxylic acids is 2. The van der Waals surface area contributed by atoms with Crippen LogP contribution in [0.25, 0.3) is 16.6 Å². The molecule has 0 unspecified atom stereocenters. The predicted octanol–water partition coefficient (Wildman–Crippen LogP) is 5.04. The van der Waals surface area contributed by atoms with Crippen molar-refractivity contribution in [1.82, 2.24) is 9.55 Å². The minimum Gasteiger partial charge on any atom is -0.326 e. The summed E-state index contributed by atoms with van der Waals surface area (Å²) in [6.45, 7) is 3.27. The second-order valence-electron chi connectivity index (χ2n) is 7.53. The van der Waals surface area contributed by atoms with Crippen LogP contribution >= 0.6 is 23.4 Å². The van der Waals surface area contributed by atoms with Gasteiger partial charge in [-0.25, -0.2) is 4.98 Å². The second kappa shape index (κ2) is 10.1. The van der Waals surface area contributed by atoms with Crippen LogP contribution in [0.5, 0.6) is 0 Å². The zero-order chi connectivity index (χ0) is 24.2. The molecule has 0 aliphatic carbocycles. The zero-order valence-electron chi connectivity index (χ0n) is 18.5. The lowest BCUT2D eigenvalue weighted by Crippen LogP contribution is -2.23. The molecule has 4 aromatic rings. The summed E-state index contributed by atoms with van der Waals surface area (Å²) in [5.74, 6) is -0.385. The molecule has 1 heterocycles. The van der Waals surface area contributed by atoms with Gasteiger partial charge >= 0.3 is 0 Å². The number of anilines is 2. The molecule has 34 heavy (non-hydrogen) atoms. The number of nitrogens with zero attached hydrogens (tertiary/aromatic N) is 2. The van der Waals surface area contributed by atoms with E-state index in [1.54, 1.807) is 60.7 Å². The maximum Gasteiger partial charge on any atom is 0.266 e. The van der Waals surface area contributed by atoms with Crippen molar-refractivity contribution >= 4 is 57.5 Å². The third-order valence-electron chi connectivity index (χ3n) is 5.05. The van der Waals surface area contributed by atoms with Crippen LogP contribution in [0.15, 0.2) is 76.7 Å². The molecule has 4 rings (SSSR count). The van der Waals surface area contributed by atoms with E-state index in [1.165, 1.54) is 11.5 Å². The number of hydrogen-bond acceptors (Lipinski definition) is 5. The number of carbonyl (C=O) groups is 2. The number of rotatable bonds is 6. The first-order valence-electron chi connectivity index (χ1n) is 10.4. The minimum absolute atomic E-state index is 0.0395. The number of aromatic nitrogens is 2. The number of thioether (sulfide) groups is 1. The maximum absolute atomic E-state index is 13.4. The zero-order valence-corrected chi connectivity index (χ0v) is 20.0. The molecular weight excluding hydrogens is 472 g/mol. The Bertz CT molecular complexity index is 1450. The molecule has 0 saturated carbocycles. The summed E-state index contributed by atoms with van der Waals surface area (Å²) in [6, 6.07) is 19.3. The molecule has 9 heteroatoms. The van der Waals surface area contributed by atoms with Gasteiger partial charge < -0.3 is 10.6 Å². The Morgan fingerprint density at radius 3 is 2.35 bits per heavy atom. The van der Waals surface area contributed by atoms with E-state index in [1.807, 2.05) is 13.0 Å². The van der Waals surface area contributed by atoms with Gasteiger partial charge in [-0.1, -0.05) is 41.6 Å². The summed E-state index contributed by atoms with van der Waals surface area (Å²) in [7, 11) is 0. The average molecular weight is 493 g/mol. The molecule has 0 radical (unpaired) electrons. The summed E-state index contributed by atoms with van der Waals surface area (Å²) in [4.78, 5) is 41.8. The maximum atomic E-state index is 13.4. The molecule has 2 N–H and O–H groups in total. The van der Waals surface area contributed by atoms with Crippen LogP contribution in [0, 0.1) is 6.92 Å². The Morgan fingerprint density at radius 1 is 0.971 bits per heavy atom. The highest BCUT2D eigenvalue weighted by Crippen LogP contribution is 2.26. The summed E-state index contributed by atoms with van der Waals surface area (Å²) in [5.41, 5.74) is 2.92. The fraction of sp³-hybridized carbons (Fsp3) is 0.120. The Morgan fingerprint density at radius 2 is 1.65 bits per heavy atom. The van der Waals surface area contributed by atoms with Crippen LogP contribution < -0.4 is 16.2 Å². The van der Waals surface area contributed by atoms with Gasteiger partial charge in [-0.15, -0.1) is 0 Å². The van der Waals surface area contributed by atoms with Crippen molar-refractivity contribution in [3.05, 3.63) is 87.7 Å². The Hall–Kier alpha value is -3.62. The van der Waals surface area contributed by atoms with Crippen LogP contribution in [0.3, 0.4) is 0 Å². The summed E-state index contributed by atoms with van der Waals surface area (Å²) in [6.07, 6.45) is 0. The average Bonchev–Trinajstić information content (AvgIpc) is 2.81. The van der Waals surface area contributed by atoms with Gasteiger partial charge in [0, 0.05) is 23.3 Å². The Balaban J connectivity index is 1.61. The lowest BCUT2D eigenvalue weighted by Gasteiger charge is -2.15. The van der Waals surface area contributed by atoms with E-state index in [0.717, 1.165) is 17.3 Å². The van der Waals surface area contributed by atoms with Crippen LogP contribution in [0.4, 0.5) is 11.4 Å². The van der Waals surface area contributed by atoms with Gasteiger partial charge in [-0.05, 0) is 61.0 Å². The number of halogens is 1. The molecule has 3 aromatic carbocycles. The van der Waals surface area contributed by atoms with E-state index in [4.69, 9.17) is 11.6 Å². The quantitative estimate of drug-likeness (QED) is 0.290. The van der Waals surface area contributed by atoms with Gasteiger partial charge in [-0.3, -0.25) is 19.0 Å². The van der Waals surface area contributed by atoms with E-state index in [2.05, 4.69) is 15.6 Å². The highest BCUT2D eigenvalue weighted by molar-refractivity contribution is 7.99. The first-order valence-corrected chi connectivity index (χ1v) is 11.8. The van der Waals surface area contributed by atoms with Crippen molar-refractivity contribution in [1.29, 1.82) is 0 Å². The number of amides is 2. The van der Waals surface area contributed by atoms with Crippen molar-refractivity contribution in [2.75, 3.05) is 16.4 Å². The fourth-order valence-corrected chi connectivity index (χ4v) is 4.40. The number of fused-ring (bicyclic) bond motifs is 1. The predicted molar refractivity (Wildman–Crippen MR) is 137 cm³/mol. The van der Waals surface area contributed by atoms with E-state index >= 15 is 0 Å². The summed E-state index contributed by atoms with van der Waals surface area (Å²) in [5, 5.41) is 6.90. The molecule has 0 saturated heterocycles. The third kappa shape index (κ3) is 5.13. The van der Waals surface area contributed by atoms with Crippen LogP contribution in [0.2, 0.25) is 5.02 Å². The molecule has 2 amide bonds. The van der Waals surface area contributed by atoms with Gasteiger partial charge in [0.1, 0.15) is 0 Å². The first-order chi connectivity index (χ1) is 16.3. The van der Waals surface area contributed by atoms with Gasteiger partial charge in [0.15, 0.2) is 5.16 Å². The van der Waals surface area contributed by atoms with Crippen molar-refractivity contribution in [2.45, 2.75) is 19.0 Å². The van der Waals surface area contributed by atoms with Crippen LogP contribution in [-0.2, 0) is 9.59 Å². The van der Waals surface area contributed by atoms with Gasteiger partial charge in [0.2, 0.25) is 11.8 Å². The first kappa shape index (κ1) is 23.5. The smallest absolute Gasteiger partial charge is 0.266 e. The van der Waals surface area contributed by atoms with E-state index in [-0.39, 0.29) is 23.1 Å². The molecule has 0 aliphatic heterocycles. The molecule has 1 aromatic heterocycles. The minimum atomic E-state index is -0.256. The van der Waals surface area contributed by atoms with Crippen molar-refractivity contribution in [3.8, 4) is 5.69 Å². The van der Waals surface area contributed by atoms with Crippen LogP contribution in [0.1, 0.15) is 12.5 Å². The Labute approximate surface area is 205 Å². The lowest BCUT2D eigenvalue weighted by atomic mass is 10.2. The van der Waals surface area contributed by atoms with E-state index in [9.17, 15) is 14.4 Å². The number of hydrogen-bond donors (Lipinski definition) is 2. The molecule has 172 valence electrons. The summed E-state index contributed by atoms with van der Waals surface area (Å²) >= 11 is 7.48. The molecule has 7 nitrogen and oxygen atoms in total. The van der Waals surface area contributed by atoms with Gasteiger partial charge in [0.05, 0.1) is 22.3 Å². The van der Waals surface area contributed by atoms with Gasteiger partial charge in [-0.2, -0.15) is 0 Å². The highest BCUT2D eigenvalue weighted by atomic mass is 35.5. The molecule has 0 spiro atoms. The van der Waals surface area contributed by atoms with E-state index in [0.29, 0.717) is 38.1 Å². The van der Waals surface area contributed by atoms with Crippen LogP contribution in [-0.4, -0.2) is 27.1 Å². The molecule has 0 atom stereocenters. The molecule has 0 fully saturated rings. The lowest BCUT2D eigenvalue weighted by molar-refractivity contribution is -0.114. The number of benzene rings is 3. The Kier molecular flexibility index (Phi) is 7.00. The molecular formula is C25H21ClN4O3S. The van der Waals surface area contributed by atoms with E-state index < -0.39 is 0 Å². The highest BCUT2D eigenvalue weighted by Gasteiger charge is 2.17. The molecule has 0 bridgehead atoms. The monoisotopic (exact) mass is 492 g/mol. The number of nitrogens with one attached hydrogen (secondary N) is 2. The topological polar surface area (TPSA) is 93.1 Å². The largest absolute Gasteiger partial charge is 0.326 e. The second-order valence-corrected chi connectivity index (χ2v) is 8.88.